The van der Waals surface area contributed by atoms with Gasteiger partial charge in [0.25, 0.3) is 5.92 Å². The molecule has 3 saturated carbocycles. The first kappa shape index (κ1) is 73.8. The van der Waals surface area contributed by atoms with E-state index in [2.05, 4.69) is 105 Å². The lowest BCUT2D eigenvalue weighted by molar-refractivity contribution is -0.0927. The molecule has 0 aromatic heterocycles. The predicted octanol–water partition coefficient (Wildman–Crippen LogP) is 24.0. The Bertz CT molecular complexity index is 2280. The molecule has 0 spiro atoms. The van der Waals surface area contributed by atoms with Gasteiger partial charge >= 0.3 is 0 Å². The van der Waals surface area contributed by atoms with Crippen molar-refractivity contribution in [2.24, 2.45) is 53.3 Å². The maximum atomic E-state index is 12.8. The van der Waals surface area contributed by atoms with Crippen molar-refractivity contribution in [1.82, 2.24) is 0 Å². The number of aryl methyl sites for hydroxylation is 7. The summed E-state index contributed by atoms with van der Waals surface area (Å²) in [5, 5.41) is 0. The van der Waals surface area contributed by atoms with E-state index in [4.69, 9.17) is 0 Å². The van der Waals surface area contributed by atoms with Gasteiger partial charge in [-0.3, -0.25) is 0 Å². The van der Waals surface area contributed by atoms with E-state index in [0.29, 0.717) is 40.5 Å². The minimum Gasteiger partial charge on any atom is -0.247 e. The Balaban J connectivity index is 0.000000451. The molecule has 0 amide bonds. The van der Waals surface area contributed by atoms with E-state index >= 15 is 0 Å². The third-order valence-corrected chi connectivity index (χ3v) is 16.3. The van der Waals surface area contributed by atoms with E-state index in [9.17, 15) is 35.1 Å². The van der Waals surface area contributed by atoms with Crippen LogP contribution in [0.15, 0.2) is 90.5 Å². The number of halogens is 8. The Morgan fingerprint density at radius 3 is 1.18 bits per heavy atom. The summed E-state index contributed by atoms with van der Waals surface area (Å²) in [5.74, 6) is 0.489. The van der Waals surface area contributed by atoms with Gasteiger partial charge in [-0.25, -0.2) is 35.1 Å². The SMILES string of the molecule is CC1=CCC(C)CC1.CC1C=CC(C)CC1.CC1CCC(C)C(F)(F)C1.CC1CCC(C)C(F)C1.CC1CCC(C)CC1.Cc1cc(F)c(C)c(F)c1.Cc1ccc(C)c(F)c1.Cc1ccc(C)c(F)c1F.Cc1ccc(C)cc1. The van der Waals surface area contributed by atoms with Crippen LogP contribution >= 0.6 is 0 Å². The van der Waals surface area contributed by atoms with Crippen LogP contribution in [0.25, 0.3) is 0 Å². The molecule has 8 atom stereocenters. The minimum atomic E-state index is -2.39. The fourth-order valence-corrected chi connectivity index (χ4v) is 9.45. The highest BCUT2D eigenvalue weighted by Crippen LogP contribution is 2.40. The first-order chi connectivity index (χ1) is 37.3. The van der Waals surface area contributed by atoms with Crippen LogP contribution in [0, 0.1) is 138 Å². The molecule has 0 N–H and O–H groups in total. The van der Waals surface area contributed by atoms with Gasteiger partial charge in [-0.2, -0.15) is 0 Å². The molecule has 8 unspecified atom stereocenters. The second-order valence-corrected chi connectivity index (χ2v) is 25.3. The Morgan fingerprint density at radius 2 is 0.825 bits per heavy atom. The summed E-state index contributed by atoms with van der Waals surface area (Å²) in [4.78, 5) is 0. The maximum absolute atomic E-state index is 12.8. The van der Waals surface area contributed by atoms with Gasteiger partial charge in [0.2, 0.25) is 0 Å². The number of allylic oxidation sites excluding steroid dienone is 4. The normalized spacial score (nSPS) is 25.2. The summed E-state index contributed by atoms with van der Waals surface area (Å²) in [6.45, 7) is 35.5. The molecule has 3 fully saturated rings. The first-order valence-electron chi connectivity index (χ1n) is 30.3. The topological polar surface area (TPSA) is 0 Å². The largest absolute Gasteiger partial charge is 0.250 e. The fourth-order valence-electron chi connectivity index (χ4n) is 9.45. The monoisotopic (exact) mass is 1120 g/mol. The molecule has 5 aliphatic rings. The van der Waals surface area contributed by atoms with Crippen molar-refractivity contribution in [3.05, 3.63) is 164 Å². The zero-order valence-corrected chi connectivity index (χ0v) is 53.0. The van der Waals surface area contributed by atoms with E-state index in [1.54, 1.807) is 44.5 Å². The van der Waals surface area contributed by atoms with Gasteiger partial charge in [0.15, 0.2) is 11.6 Å². The van der Waals surface area contributed by atoms with Crippen LogP contribution < -0.4 is 0 Å². The molecule has 0 heterocycles. The average molecular weight is 1130 g/mol. The van der Waals surface area contributed by atoms with Gasteiger partial charge in [-0.15, -0.1) is 0 Å². The highest BCUT2D eigenvalue weighted by molar-refractivity contribution is 5.25. The number of rotatable bonds is 0. The zero-order valence-electron chi connectivity index (χ0n) is 53.0. The average Bonchev–Trinajstić information content (AvgIpc) is 3.40. The van der Waals surface area contributed by atoms with Crippen LogP contribution in [0.5, 0.6) is 0 Å². The van der Waals surface area contributed by atoms with Crippen LogP contribution in [-0.2, 0) is 0 Å². The van der Waals surface area contributed by atoms with Gasteiger partial charge < -0.3 is 0 Å². The lowest BCUT2D eigenvalue weighted by Gasteiger charge is -2.32. The standard InChI is InChI=1S/C8H8F2.C8H14F2.C8H8F2.C8H15F.C8H9F.C8H16.2C8H14.C8H10/c1-5-3-7(9)6(2)8(10)4-5;1-6-3-4-7(2)8(9,10)5-6;1-5-3-4-6(2)8(10)7(5)9;2*1-6-3-4-7(2)8(9)5-6;4*1-7-3-5-8(2)6-4-7/h3-4H,1-2H3;6-7H,3-5H2,1-2H3;3-4H,1-2H3;6-8H,3-5H2,1-2H3;3-5H,1-2H3;7-8H,3-6H2,1-2H3;3,8H,4-6H2,1-2H3;3,5,7-8H,4,6H2,1-2H3;3-6H,1-2H3. The number of hydrogen-bond acceptors (Lipinski definition) is 0. The molecular weight excluding hydrogens is 1020 g/mol. The van der Waals surface area contributed by atoms with E-state index in [-0.39, 0.29) is 23.7 Å². The Hall–Kier alpha value is -4.20. The lowest BCUT2D eigenvalue weighted by atomic mass is 9.81. The molecule has 0 aliphatic heterocycles. The van der Waals surface area contributed by atoms with E-state index < -0.39 is 41.3 Å². The summed E-state index contributed by atoms with van der Waals surface area (Å²) in [5.41, 5.74) is 7.32. The fraction of sp³-hybridized carbons (Fsp3) is 0.611. The molecule has 0 nitrogen and oxygen atoms in total. The molecule has 80 heavy (non-hydrogen) atoms. The van der Waals surface area contributed by atoms with E-state index in [0.717, 1.165) is 54.4 Å². The summed E-state index contributed by atoms with van der Waals surface area (Å²) in [6.07, 6.45) is 24.1. The molecule has 9 rings (SSSR count). The molecule has 0 radical (unpaired) electrons. The van der Waals surface area contributed by atoms with Crippen molar-refractivity contribution >= 4 is 0 Å². The molecule has 452 valence electrons. The van der Waals surface area contributed by atoms with Gasteiger partial charge in [0, 0.05) is 17.9 Å². The Kier molecular flexibility index (Phi) is 35.6. The minimum absolute atomic E-state index is 0.0885. The zero-order chi connectivity index (χ0) is 60.9. The van der Waals surface area contributed by atoms with Crippen LogP contribution in [0.1, 0.15) is 210 Å². The first-order valence-corrected chi connectivity index (χ1v) is 30.3. The lowest BCUT2D eigenvalue weighted by Crippen LogP contribution is -2.32. The molecule has 4 aromatic rings. The molecule has 4 aromatic carbocycles. The highest BCUT2D eigenvalue weighted by atomic mass is 19.3. The number of alkyl halides is 3. The Morgan fingerprint density at radius 1 is 0.412 bits per heavy atom. The summed E-state index contributed by atoms with van der Waals surface area (Å²) in [6, 6.07) is 19.5. The third kappa shape index (κ3) is 31.9. The quantitative estimate of drug-likeness (QED) is 0.122. The van der Waals surface area contributed by atoms with Crippen molar-refractivity contribution in [3.8, 4) is 0 Å². The number of hydrogen-bond donors (Lipinski definition) is 0. The van der Waals surface area contributed by atoms with Gasteiger partial charge in [0.1, 0.15) is 23.6 Å². The van der Waals surface area contributed by atoms with E-state index in [1.165, 1.54) is 114 Å². The summed E-state index contributed by atoms with van der Waals surface area (Å²) >= 11 is 0. The van der Waals surface area contributed by atoms with Crippen molar-refractivity contribution < 1.29 is 35.1 Å². The molecule has 0 saturated heterocycles. The Labute approximate surface area is 483 Å². The van der Waals surface area contributed by atoms with Gasteiger partial charge in [-0.1, -0.05) is 184 Å². The van der Waals surface area contributed by atoms with Crippen molar-refractivity contribution in [1.29, 1.82) is 0 Å². The second-order valence-electron chi connectivity index (χ2n) is 25.3. The van der Waals surface area contributed by atoms with E-state index in [1.807, 2.05) is 26.8 Å². The molecule has 0 bridgehead atoms. The molecular formula is C72H108F8. The summed E-state index contributed by atoms with van der Waals surface area (Å²) in [7, 11) is 0. The molecule has 5 aliphatic carbocycles. The second kappa shape index (κ2) is 38.6. The van der Waals surface area contributed by atoms with Crippen LogP contribution in [0.3, 0.4) is 0 Å². The van der Waals surface area contributed by atoms with Crippen LogP contribution in [-0.4, -0.2) is 12.1 Å². The summed E-state index contributed by atoms with van der Waals surface area (Å²) < 4.78 is 102. The maximum Gasteiger partial charge on any atom is 0.250 e. The number of benzene rings is 4. The smallest absolute Gasteiger partial charge is 0.247 e. The van der Waals surface area contributed by atoms with Crippen molar-refractivity contribution in [2.45, 2.75) is 233 Å². The van der Waals surface area contributed by atoms with Gasteiger partial charge in [-0.05, 0) is 207 Å². The van der Waals surface area contributed by atoms with Crippen LogP contribution in [0.4, 0.5) is 35.1 Å². The van der Waals surface area contributed by atoms with Crippen LogP contribution in [0.2, 0.25) is 0 Å². The van der Waals surface area contributed by atoms with Gasteiger partial charge in [0.05, 0.1) is 0 Å². The van der Waals surface area contributed by atoms with Crippen molar-refractivity contribution in [3.63, 3.8) is 0 Å². The third-order valence-electron chi connectivity index (χ3n) is 16.3. The highest BCUT2D eigenvalue weighted by Gasteiger charge is 2.40. The predicted molar refractivity (Wildman–Crippen MR) is 328 cm³/mol. The molecule has 8 heteroatoms. The van der Waals surface area contributed by atoms with Crippen molar-refractivity contribution in [2.75, 3.05) is 0 Å².